The number of pyridine rings is 1. The molecule has 2 amide bonds. The van der Waals surface area contributed by atoms with Gasteiger partial charge in [-0.15, -0.1) is 0 Å². The first-order valence-corrected chi connectivity index (χ1v) is 12.0. The Balaban J connectivity index is 1.41. The van der Waals surface area contributed by atoms with Crippen LogP contribution in [0.1, 0.15) is 51.1 Å². The molecule has 2 aromatic carbocycles. The number of aliphatic imine (C=N–C) groups is 1. The van der Waals surface area contributed by atoms with E-state index in [1.807, 2.05) is 43.3 Å². The van der Waals surface area contributed by atoms with Gasteiger partial charge < -0.3 is 21.1 Å². The van der Waals surface area contributed by atoms with Crippen molar-refractivity contribution < 1.29 is 14.7 Å². The second-order valence-electron chi connectivity index (χ2n) is 9.22. The van der Waals surface area contributed by atoms with Gasteiger partial charge in [-0.2, -0.15) is 4.99 Å². The Morgan fingerprint density at radius 2 is 1.58 bits per heavy atom. The van der Waals surface area contributed by atoms with Crippen molar-refractivity contribution in [2.45, 2.75) is 39.7 Å². The van der Waals surface area contributed by atoms with Crippen molar-refractivity contribution in [3.05, 3.63) is 88.1 Å². The largest absolute Gasteiger partial charge is 0.507 e. The van der Waals surface area contributed by atoms with Gasteiger partial charge in [-0.1, -0.05) is 30.3 Å². The lowest BCUT2D eigenvalue weighted by Crippen LogP contribution is -2.44. The third-order valence-corrected chi connectivity index (χ3v) is 6.39. The second kappa shape index (κ2) is 10.6. The van der Waals surface area contributed by atoms with Crippen molar-refractivity contribution in [3.8, 4) is 5.75 Å². The number of aromatic nitrogens is 1. The van der Waals surface area contributed by atoms with Crippen LogP contribution in [0.15, 0.2) is 59.6 Å². The zero-order valence-electron chi connectivity index (χ0n) is 20.8. The van der Waals surface area contributed by atoms with Crippen molar-refractivity contribution in [2.24, 2.45) is 10.7 Å². The average Bonchev–Trinajstić information content (AvgIpc) is 2.87. The SMILES string of the molecule is Cc1cc(C(=O)c2cc(C)c(O)c(C)c2)cc(N2CCC(NC(=O)N=C(N)c3ccccc3)CC2)n1. The van der Waals surface area contributed by atoms with Gasteiger partial charge in [-0.25, -0.2) is 9.78 Å². The van der Waals surface area contributed by atoms with Gasteiger partial charge in [-0.05, 0) is 69.0 Å². The van der Waals surface area contributed by atoms with Crippen molar-refractivity contribution in [3.63, 3.8) is 0 Å². The third-order valence-electron chi connectivity index (χ3n) is 6.39. The number of amidine groups is 1. The molecule has 1 aliphatic heterocycles. The first-order valence-electron chi connectivity index (χ1n) is 12.0. The molecule has 186 valence electrons. The first-order chi connectivity index (χ1) is 17.2. The molecule has 8 nitrogen and oxygen atoms in total. The molecular formula is C28H31N5O3. The lowest BCUT2D eigenvalue weighted by Gasteiger charge is -2.33. The summed E-state index contributed by atoms with van der Waals surface area (Å²) in [5.41, 5.74) is 9.84. The smallest absolute Gasteiger partial charge is 0.343 e. The molecule has 1 aromatic heterocycles. The number of nitrogens with two attached hydrogens (primary N) is 1. The van der Waals surface area contributed by atoms with Crippen LogP contribution < -0.4 is 16.0 Å². The number of rotatable bonds is 5. The highest BCUT2D eigenvalue weighted by atomic mass is 16.3. The van der Waals surface area contributed by atoms with Gasteiger partial charge in [0.25, 0.3) is 0 Å². The van der Waals surface area contributed by atoms with Crippen LogP contribution in [0.25, 0.3) is 0 Å². The van der Waals surface area contributed by atoms with Crippen LogP contribution in [0.5, 0.6) is 5.75 Å². The Morgan fingerprint density at radius 1 is 0.972 bits per heavy atom. The van der Waals surface area contributed by atoms with E-state index >= 15 is 0 Å². The summed E-state index contributed by atoms with van der Waals surface area (Å²) in [6.07, 6.45) is 1.45. The van der Waals surface area contributed by atoms with Crippen molar-refractivity contribution in [1.29, 1.82) is 0 Å². The number of aromatic hydroxyl groups is 1. The number of phenols is 1. The monoisotopic (exact) mass is 485 g/mol. The van der Waals surface area contributed by atoms with Crippen molar-refractivity contribution in [1.82, 2.24) is 10.3 Å². The number of anilines is 1. The predicted molar refractivity (Wildman–Crippen MR) is 141 cm³/mol. The summed E-state index contributed by atoms with van der Waals surface area (Å²) in [6, 6.07) is 15.7. The van der Waals surface area contributed by atoms with Gasteiger partial charge >= 0.3 is 6.03 Å². The third kappa shape index (κ3) is 5.71. The van der Waals surface area contributed by atoms with Crippen molar-refractivity contribution in [2.75, 3.05) is 18.0 Å². The van der Waals surface area contributed by atoms with E-state index in [9.17, 15) is 14.7 Å². The Hall–Kier alpha value is -4.20. The predicted octanol–water partition coefficient (Wildman–Crippen LogP) is 4.03. The minimum absolute atomic E-state index is 0.0186. The van der Waals surface area contributed by atoms with E-state index in [0.29, 0.717) is 40.9 Å². The molecule has 4 N–H and O–H groups in total. The molecule has 2 heterocycles. The Kier molecular flexibility index (Phi) is 7.33. The lowest BCUT2D eigenvalue weighted by molar-refractivity contribution is 0.103. The van der Waals surface area contributed by atoms with Crippen LogP contribution >= 0.6 is 0 Å². The van der Waals surface area contributed by atoms with Crippen LogP contribution in [0.2, 0.25) is 0 Å². The second-order valence-corrected chi connectivity index (χ2v) is 9.22. The maximum Gasteiger partial charge on any atom is 0.343 e. The molecule has 4 rings (SSSR count). The van der Waals surface area contributed by atoms with Gasteiger partial charge in [0.2, 0.25) is 0 Å². The zero-order valence-corrected chi connectivity index (χ0v) is 20.8. The number of nitrogens with one attached hydrogen (secondary N) is 1. The minimum Gasteiger partial charge on any atom is -0.507 e. The van der Waals surface area contributed by atoms with Crippen LogP contribution in [0, 0.1) is 20.8 Å². The van der Waals surface area contributed by atoms with Crippen LogP contribution in [0.3, 0.4) is 0 Å². The highest BCUT2D eigenvalue weighted by Gasteiger charge is 2.23. The minimum atomic E-state index is -0.448. The fourth-order valence-electron chi connectivity index (χ4n) is 4.44. The molecule has 0 bridgehead atoms. The number of ketones is 1. The van der Waals surface area contributed by atoms with E-state index in [1.165, 1.54) is 0 Å². The van der Waals surface area contributed by atoms with Crippen LogP contribution in [-0.4, -0.2) is 46.9 Å². The normalized spacial score (nSPS) is 14.5. The number of piperidine rings is 1. The number of carbonyl (C=O) groups excluding carboxylic acids is 2. The number of urea groups is 1. The summed E-state index contributed by atoms with van der Waals surface area (Å²) in [5, 5.41) is 13.0. The lowest BCUT2D eigenvalue weighted by atomic mass is 9.98. The highest BCUT2D eigenvalue weighted by Crippen LogP contribution is 2.26. The molecule has 1 saturated heterocycles. The van der Waals surface area contributed by atoms with Gasteiger partial charge in [0, 0.05) is 41.5 Å². The van der Waals surface area contributed by atoms with E-state index in [0.717, 1.165) is 24.4 Å². The standard InChI is InChI=1S/C28H31N5O3/c1-17-13-21(14-18(2)25(17)34)26(35)22-15-19(3)30-24(16-22)33-11-9-23(10-12-33)31-28(36)32-27(29)20-7-5-4-6-8-20/h4-8,13-16,23,34H,9-12H2,1-3H3,(H3,29,31,32,36). The van der Waals surface area contributed by atoms with E-state index in [2.05, 4.69) is 20.2 Å². The molecule has 0 atom stereocenters. The maximum atomic E-state index is 13.2. The fraction of sp³-hybridized carbons (Fsp3) is 0.286. The number of aryl methyl sites for hydroxylation is 3. The summed E-state index contributed by atoms with van der Waals surface area (Å²) in [6.45, 7) is 6.81. The summed E-state index contributed by atoms with van der Waals surface area (Å²) in [4.78, 5) is 36.3. The van der Waals surface area contributed by atoms with Crippen molar-refractivity contribution >= 4 is 23.5 Å². The molecule has 3 aromatic rings. The van der Waals surface area contributed by atoms with Gasteiger partial charge in [0.15, 0.2) is 5.78 Å². The number of amides is 2. The molecule has 1 aliphatic rings. The van der Waals surface area contributed by atoms with E-state index in [4.69, 9.17) is 5.73 Å². The molecule has 8 heteroatoms. The number of phenolic OH excluding ortho intramolecular Hbond substituents is 1. The summed E-state index contributed by atoms with van der Waals surface area (Å²) in [5.74, 6) is 1.03. The summed E-state index contributed by atoms with van der Waals surface area (Å²) in [7, 11) is 0. The number of carbonyl (C=O) groups is 2. The zero-order chi connectivity index (χ0) is 25.8. The molecule has 0 saturated carbocycles. The molecule has 36 heavy (non-hydrogen) atoms. The number of hydrogen-bond donors (Lipinski definition) is 3. The molecule has 0 unspecified atom stereocenters. The number of nitrogens with zero attached hydrogens (tertiary/aromatic N) is 3. The highest BCUT2D eigenvalue weighted by molar-refractivity contribution is 6.09. The van der Waals surface area contributed by atoms with Crippen LogP contribution in [-0.2, 0) is 0 Å². The number of benzene rings is 2. The average molecular weight is 486 g/mol. The van der Waals surface area contributed by atoms with E-state index in [1.54, 1.807) is 32.0 Å². The first kappa shape index (κ1) is 24.9. The Bertz CT molecular complexity index is 1290. The van der Waals surface area contributed by atoms with Gasteiger partial charge in [0.1, 0.15) is 17.4 Å². The quantitative estimate of drug-likeness (QED) is 0.285. The number of hydrogen-bond acceptors (Lipinski definition) is 5. The van der Waals surface area contributed by atoms with E-state index in [-0.39, 0.29) is 23.4 Å². The molecule has 0 spiro atoms. The Labute approximate surface area is 210 Å². The van der Waals surface area contributed by atoms with Gasteiger partial charge in [0.05, 0.1) is 0 Å². The van der Waals surface area contributed by atoms with E-state index < -0.39 is 6.03 Å². The maximum absolute atomic E-state index is 13.2. The molecule has 1 fully saturated rings. The molecule has 0 radical (unpaired) electrons. The molecular weight excluding hydrogens is 454 g/mol. The van der Waals surface area contributed by atoms with Gasteiger partial charge in [-0.3, -0.25) is 4.79 Å². The topological polar surface area (TPSA) is 121 Å². The summed E-state index contributed by atoms with van der Waals surface area (Å²) >= 11 is 0. The van der Waals surface area contributed by atoms with Crippen LogP contribution in [0.4, 0.5) is 10.6 Å². The summed E-state index contributed by atoms with van der Waals surface area (Å²) < 4.78 is 0. The fourth-order valence-corrected chi connectivity index (χ4v) is 4.44. The molecule has 0 aliphatic carbocycles. The Morgan fingerprint density at radius 3 is 2.22 bits per heavy atom.